The topological polar surface area (TPSA) is 53.0 Å². The van der Waals surface area contributed by atoms with E-state index in [2.05, 4.69) is 24.1 Å². The van der Waals surface area contributed by atoms with Crippen LogP contribution < -0.4 is 4.74 Å². The summed E-state index contributed by atoms with van der Waals surface area (Å²) in [5.74, 6) is 1.10. The van der Waals surface area contributed by atoms with Crippen LogP contribution in [0.15, 0.2) is 24.3 Å². The first kappa shape index (κ1) is 18.2. The molecule has 1 amide bonds. The van der Waals surface area contributed by atoms with Gasteiger partial charge in [0.25, 0.3) is 0 Å². The van der Waals surface area contributed by atoms with E-state index in [1.54, 1.807) is 7.11 Å². The number of aliphatic hydroxyl groups is 1. The maximum Gasteiger partial charge on any atom is 0.233 e. The van der Waals surface area contributed by atoms with Gasteiger partial charge in [-0.1, -0.05) is 25.0 Å². The smallest absolute Gasteiger partial charge is 0.233 e. The van der Waals surface area contributed by atoms with Crippen molar-refractivity contribution >= 4 is 5.91 Å². The highest BCUT2D eigenvalue weighted by molar-refractivity contribution is 5.89. The summed E-state index contributed by atoms with van der Waals surface area (Å²) < 4.78 is 5.27. The predicted octanol–water partition coefficient (Wildman–Crippen LogP) is 2.03. The van der Waals surface area contributed by atoms with Gasteiger partial charge in [-0.05, 0) is 44.0 Å². The number of amides is 1. The Morgan fingerprint density at radius 1 is 1.24 bits per heavy atom. The molecule has 1 aromatic carbocycles. The van der Waals surface area contributed by atoms with E-state index in [0.29, 0.717) is 6.54 Å². The summed E-state index contributed by atoms with van der Waals surface area (Å²) in [6.45, 7) is 2.53. The number of ether oxygens (including phenoxy) is 1. The van der Waals surface area contributed by atoms with Crippen LogP contribution in [0.25, 0.3) is 0 Å². The zero-order valence-electron chi connectivity index (χ0n) is 15.4. The van der Waals surface area contributed by atoms with Crippen LogP contribution >= 0.6 is 0 Å². The van der Waals surface area contributed by atoms with Crippen molar-refractivity contribution in [3.63, 3.8) is 0 Å². The van der Waals surface area contributed by atoms with Gasteiger partial charge in [-0.25, -0.2) is 0 Å². The van der Waals surface area contributed by atoms with Crippen molar-refractivity contribution in [1.29, 1.82) is 0 Å². The molecule has 1 heterocycles. The lowest BCUT2D eigenvalue weighted by Crippen LogP contribution is -2.57. The van der Waals surface area contributed by atoms with Crippen LogP contribution in [-0.2, 0) is 10.2 Å². The quantitative estimate of drug-likeness (QED) is 0.886. The number of carbonyl (C=O) groups is 1. The highest BCUT2D eigenvalue weighted by Crippen LogP contribution is 2.43. The monoisotopic (exact) mass is 346 g/mol. The van der Waals surface area contributed by atoms with Gasteiger partial charge in [0.05, 0.1) is 12.5 Å². The highest BCUT2D eigenvalue weighted by atomic mass is 16.5. The molecule has 1 aromatic rings. The molecule has 138 valence electrons. The van der Waals surface area contributed by atoms with Crippen molar-refractivity contribution < 1.29 is 14.6 Å². The van der Waals surface area contributed by atoms with E-state index in [9.17, 15) is 9.90 Å². The Kier molecular flexibility index (Phi) is 5.64. The van der Waals surface area contributed by atoms with Crippen molar-refractivity contribution in [2.24, 2.45) is 0 Å². The molecule has 2 fully saturated rings. The molecule has 0 radical (unpaired) electrons. The standard InChI is InChI=1S/C20H30N2O3/c1-21-12-13-22(15-17(21)9-14-23)19(24)20(10-3-4-11-20)16-5-7-18(25-2)8-6-16/h5-8,17,23H,3-4,9-15H2,1-2H3/t17-/m0/s1. The molecule has 3 rings (SSSR count). The van der Waals surface area contributed by atoms with Crippen LogP contribution in [0.2, 0.25) is 0 Å². The van der Waals surface area contributed by atoms with Crippen LogP contribution in [0, 0.1) is 0 Å². The third-order valence-electron chi connectivity index (χ3n) is 6.04. The number of hydrogen-bond donors (Lipinski definition) is 1. The van der Waals surface area contributed by atoms with Crippen molar-refractivity contribution in [2.75, 3.05) is 40.4 Å². The molecule has 25 heavy (non-hydrogen) atoms. The minimum atomic E-state index is -0.383. The zero-order valence-corrected chi connectivity index (χ0v) is 15.4. The van der Waals surface area contributed by atoms with Crippen molar-refractivity contribution in [2.45, 2.75) is 43.6 Å². The van der Waals surface area contributed by atoms with Gasteiger partial charge >= 0.3 is 0 Å². The average Bonchev–Trinajstić information content (AvgIpc) is 3.14. The second-order valence-electron chi connectivity index (χ2n) is 7.42. The van der Waals surface area contributed by atoms with E-state index in [1.165, 1.54) is 0 Å². The SMILES string of the molecule is COc1ccc(C2(C(=O)N3CCN(C)[C@@H](CCO)C3)CCCC2)cc1. The van der Waals surface area contributed by atoms with Gasteiger partial charge in [0.1, 0.15) is 5.75 Å². The van der Waals surface area contributed by atoms with Crippen LogP contribution in [0.4, 0.5) is 0 Å². The van der Waals surface area contributed by atoms with Gasteiger partial charge in [0.2, 0.25) is 5.91 Å². The third kappa shape index (κ3) is 3.53. The second kappa shape index (κ2) is 7.75. The number of carbonyl (C=O) groups excluding carboxylic acids is 1. The maximum absolute atomic E-state index is 13.5. The van der Waals surface area contributed by atoms with Gasteiger partial charge in [-0.2, -0.15) is 0 Å². The molecule has 1 saturated heterocycles. The van der Waals surface area contributed by atoms with Crippen molar-refractivity contribution in [3.05, 3.63) is 29.8 Å². The number of methoxy groups -OCH3 is 1. The normalized spacial score (nSPS) is 23.6. The molecule has 0 spiro atoms. The van der Waals surface area contributed by atoms with Crippen LogP contribution in [0.5, 0.6) is 5.75 Å². The minimum Gasteiger partial charge on any atom is -0.497 e. The summed E-state index contributed by atoms with van der Waals surface area (Å²) in [4.78, 5) is 17.8. The first-order valence-corrected chi connectivity index (χ1v) is 9.36. The number of benzene rings is 1. The molecule has 5 nitrogen and oxygen atoms in total. The van der Waals surface area contributed by atoms with Gasteiger partial charge < -0.3 is 14.7 Å². The molecule has 0 bridgehead atoms. The molecular formula is C20H30N2O3. The van der Waals surface area contributed by atoms with E-state index in [1.807, 2.05) is 17.0 Å². The number of rotatable bonds is 5. The number of aliphatic hydroxyl groups excluding tert-OH is 1. The molecule has 5 heteroatoms. The summed E-state index contributed by atoms with van der Waals surface area (Å²) in [5, 5.41) is 9.31. The molecule has 2 aliphatic rings. The minimum absolute atomic E-state index is 0.167. The Hall–Kier alpha value is -1.59. The molecule has 1 N–H and O–H groups in total. The van der Waals surface area contributed by atoms with Gasteiger partial charge in [-0.3, -0.25) is 9.69 Å². The number of hydrogen-bond acceptors (Lipinski definition) is 4. The second-order valence-corrected chi connectivity index (χ2v) is 7.42. The van der Waals surface area contributed by atoms with Crippen molar-refractivity contribution in [3.8, 4) is 5.75 Å². The Labute approximate surface area is 150 Å². The fraction of sp³-hybridized carbons (Fsp3) is 0.650. The molecule has 1 atom stereocenters. The van der Waals surface area contributed by atoms with Crippen molar-refractivity contribution in [1.82, 2.24) is 9.80 Å². The Morgan fingerprint density at radius 3 is 2.52 bits per heavy atom. The number of likely N-dealkylation sites (N-methyl/N-ethyl adjacent to an activating group) is 1. The van der Waals surface area contributed by atoms with Gasteiger partial charge in [0.15, 0.2) is 0 Å². The Morgan fingerprint density at radius 2 is 1.92 bits per heavy atom. The van der Waals surface area contributed by atoms with E-state index in [-0.39, 0.29) is 24.0 Å². The zero-order chi connectivity index (χ0) is 17.9. The van der Waals surface area contributed by atoms with Crippen LogP contribution in [0.1, 0.15) is 37.7 Å². The van der Waals surface area contributed by atoms with E-state index < -0.39 is 0 Å². The first-order chi connectivity index (χ1) is 12.1. The summed E-state index contributed by atoms with van der Waals surface area (Å²) in [5.41, 5.74) is 0.736. The largest absolute Gasteiger partial charge is 0.497 e. The summed E-state index contributed by atoms with van der Waals surface area (Å²) in [7, 11) is 3.74. The van der Waals surface area contributed by atoms with Crippen LogP contribution in [-0.4, -0.2) is 67.3 Å². The number of piperazine rings is 1. The molecule has 1 aliphatic carbocycles. The molecule has 1 saturated carbocycles. The molecule has 0 aromatic heterocycles. The van der Waals surface area contributed by atoms with Crippen LogP contribution in [0.3, 0.4) is 0 Å². The lowest BCUT2D eigenvalue weighted by molar-refractivity contribution is -0.140. The predicted molar refractivity (Wildman–Crippen MR) is 97.8 cm³/mol. The average molecular weight is 346 g/mol. The summed E-state index contributed by atoms with van der Waals surface area (Å²) in [6, 6.07) is 8.28. The van der Waals surface area contributed by atoms with Gasteiger partial charge in [0, 0.05) is 32.3 Å². The Balaban J connectivity index is 1.83. The number of nitrogens with zero attached hydrogens (tertiary/aromatic N) is 2. The molecular weight excluding hydrogens is 316 g/mol. The first-order valence-electron chi connectivity index (χ1n) is 9.36. The maximum atomic E-state index is 13.5. The molecule has 0 unspecified atom stereocenters. The third-order valence-corrected chi connectivity index (χ3v) is 6.04. The van der Waals surface area contributed by atoms with E-state index in [0.717, 1.165) is 56.5 Å². The van der Waals surface area contributed by atoms with E-state index in [4.69, 9.17) is 4.74 Å². The Bertz CT molecular complexity index is 581. The summed E-state index contributed by atoms with van der Waals surface area (Å²) >= 11 is 0. The lowest BCUT2D eigenvalue weighted by atomic mass is 9.77. The lowest BCUT2D eigenvalue weighted by Gasteiger charge is -2.43. The fourth-order valence-corrected chi connectivity index (χ4v) is 4.41. The summed E-state index contributed by atoms with van der Waals surface area (Å²) in [6.07, 6.45) is 4.78. The van der Waals surface area contributed by atoms with E-state index >= 15 is 0 Å². The van der Waals surface area contributed by atoms with Gasteiger partial charge in [-0.15, -0.1) is 0 Å². The fourth-order valence-electron chi connectivity index (χ4n) is 4.41. The molecule has 1 aliphatic heterocycles. The highest BCUT2D eigenvalue weighted by Gasteiger charge is 2.46.